The van der Waals surface area contributed by atoms with Gasteiger partial charge >= 0.3 is 11.9 Å². The highest BCUT2D eigenvalue weighted by Gasteiger charge is 2.20. The molecule has 0 aliphatic rings. The Bertz CT molecular complexity index is 375. The maximum Gasteiger partial charge on any atom is 0.433 e. The molecule has 7 heteroatoms. The smallest absolute Gasteiger partial charge is 0.433 e. The molecule has 1 rings (SSSR count). The van der Waals surface area contributed by atoms with Crippen LogP contribution in [0.3, 0.4) is 0 Å². The van der Waals surface area contributed by atoms with E-state index in [2.05, 4.69) is 0 Å². The minimum atomic E-state index is -1.05. The lowest BCUT2D eigenvalue weighted by molar-refractivity contribution is -0.402. The minimum Gasteiger partial charge on any atom is -0.481 e. The summed E-state index contributed by atoms with van der Waals surface area (Å²) in [5, 5.41) is 19.0. The fraction of sp³-hybridized carbons (Fsp3) is 0.375. The predicted molar refractivity (Wildman–Crippen MR) is 50.9 cm³/mol. The number of carbonyl (C=O) groups is 1. The van der Waals surface area contributed by atoms with E-state index in [9.17, 15) is 14.9 Å². The second-order valence-electron chi connectivity index (χ2n) is 2.89. The molecule has 15 heavy (non-hydrogen) atoms. The van der Waals surface area contributed by atoms with Gasteiger partial charge in [-0.3, -0.25) is 14.9 Å². The van der Waals surface area contributed by atoms with Crippen molar-refractivity contribution in [2.45, 2.75) is 6.42 Å². The molecule has 1 aromatic heterocycles. The number of carboxylic acid groups (broad SMARTS) is 1. The molecule has 1 aromatic rings. The first kappa shape index (κ1) is 11.5. The molecule has 0 saturated heterocycles. The fourth-order valence-electron chi connectivity index (χ4n) is 1.03. The molecule has 0 amide bonds. The van der Waals surface area contributed by atoms with Crippen molar-refractivity contribution >= 4 is 23.5 Å². The van der Waals surface area contributed by atoms with Crippen LogP contribution in [-0.2, 0) is 11.2 Å². The lowest BCUT2D eigenvalue weighted by atomic mass is 10.1. The molecule has 0 aliphatic carbocycles. The van der Waals surface area contributed by atoms with E-state index in [4.69, 9.17) is 21.1 Å². The third kappa shape index (κ3) is 2.95. The Morgan fingerprint density at radius 2 is 2.33 bits per heavy atom. The second-order valence-corrected chi connectivity index (χ2v) is 3.20. The SMILES string of the molecule is O=C(O)C(CCl)Cc1ccc([N+](=O)[O-])o1. The fourth-order valence-corrected chi connectivity index (χ4v) is 1.27. The highest BCUT2D eigenvalue weighted by atomic mass is 35.5. The number of alkyl halides is 1. The Labute approximate surface area is 89.6 Å². The van der Waals surface area contributed by atoms with Crippen molar-refractivity contribution < 1.29 is 19.2 Å². The van der Waals surface area contributed by atoms with Crippen LogP contribution in [0.15, 0.2) is 16.5 Å². The van der Waals surface area contributed by atoms with Crippen LogP contribution in [0, 0.1) is 16.0 Å². The molecule has 0 saturated carbocycles. The van der Waals surface area contributed by atoms with Gasteiger partial charge in [-0.15, -0.1) is 11.6 Å². The van der Waals surface area contributed by atoms with E-state index in [-0.39, 0.29) is 18.1 Å². The van der Waals surface area contributed by atoms with E-state index in [1.807, 2.05) is 0 Å². The Morgan fingerprint density at radius 1 is 1.67 bits per heavy atom. The first-order valence-corrected chi connectivity index (χ1v) is 4.60. The van der Waals surface area contributed by atoms with Gasteiger partial charge in [0, 0.05) is 12.3 Å². The quantitative estimate of drug-likeness (QED) is 0.474. The van der Waals surface area contributed by atoms with Crippen molar-refractivity contribution in [1.82, 2.24) is 0 Å². The Hall–Kier alpha value is -1.56. The Balaban J connectivity index is 2.71. The zero-order valence-electron chi connectivity index (χ0n) is 7.55. The number of halogens is 1. The van der Waals surface area contributed by atoms with Crippen LogP contribution in [0.25, 0.3) is 0 Å². The van der Waals surface area contributed by atoms with Gasteiger partial charge in [0.2, 0.25) is 0 Å². The molecule has 6 nitrogen and oxygen atoms in total. The molecule has 0 spiro atoms. The summed E-state index contributed by atoms with van der Waals surface area (Å²) in [5.74, 6) is -2.07. The van der Waals surface area contributed by atoms with Gasteiger partial charge in [0.05, 0.1) is 12.0 Å². The number of carboxylic acids is 1. The standard InChI is InChI=1S/C8H8ClNO5/c9-4-5(8(11)12)3-6-1-2-7(15-6)10(13)14/h1-2,5H,3-4H2,(H,11,12). The Kier molecular flexibility index (Phi) is 3.68. The van der Waals surface area contributed by atoms with Gasteiger partial charge in [0.1, 0.15) is 10.7 Å². The van der Waals surface area contributed by atoms with Crippen molar-refractivity contribution in [3.63, 3.8) is 0 Å². The summed E-state index contributed by atoms with van der Waals surface area (Å²) in [7, 11) is 0. The predicted octanol–water partition coefficient (Wildman–Crippen LogP) is 1.67. The van der Waals surface area contributed by atoms with Gasteiger partial charge in [-0.1, -0.05) is 0 Å². The van der Waals surface area contributed by atoms with E-state index >= 15 is 0 Å². The number of nitro groups is 1. The zero-order chi connectivity index (χ0) is 11.4. The van der Waals surface area contributed by atoms with E-state index in [1.165, 1.54) is 12.1 Å². The van der Waals surface area contributed by atoms with Crippen LogP contribution >= 0.6 is 11.6 Å². The van der Waals surface area contributed by atoms with E-state index in [0.29, 0.717) is 0 Å². The molecule has 1 atom stereocenters. The summed E-state index contributed by atoms with van der Waals surface area (Å²) in [6, 6.07) is 2.56. The molecule has 1 N–H and O–H groups in total. The summed E-state index contributed by atoms with van der Waals surface area (Å²) in [4.78, 5) is 20.2. The van der Waals surface area contributed by atoms with Gasteiger partial charge < -0.3 is 9.52 Å². The van der Waals surface area contributed by atoms with Crippen molar-refractivity contribution in [3.8, 4) is 0 Å². The minimum absolute atomic E-state index is 0.0483. The summed E-state index contributed by atoms with van der Waals surface area (Å²) in [6.45, 7) is 0. The van der Waals surface area contributed by atoms with Crippen LogP contribution in [0.2, 0.25) is 0 Å². The van der Waals surface area contributed by atoms with Gasteiger partial charge in [-0.2, -0.15) is 0 Å². The number of furan rings is 1. The molecule has 1 unspecified atom stereocenters. The molecule has 0 aliphatic heterocycles. The van der Waals surface area contributed by atoms with E-state index < -0.39 is 22.7 Å². The molecule has 82 valence electrons. The summed E-state index contributed by atoms with van der Waals surface area (Å²) in [5.41, 5.74) is 0. The highest BCUT2D eigenvalue weighted by Crippen LogP contribution is 2.19. The summed E-state index contributed by atoms with van der Waals surface area (Å²) in [6.07, 6.45) is 0.0483. The van der Waals surface area contributed by atoms with Crippen molar-refractivity contribution in [1.29, 1.82) is 0 Å². The molecular weight excluding hydrogens is 226 g/mol. The topological polar surface area (TPSA) is 93.6 Å². The van der Waals surface area contributed by atoms with Gasteiger partial charge in [0.25, 0.3) is 0 Å². The molecule has 0 fully saturated rings. The largest absolute Gasteiger partial charge is 0.481 e. The molecule has 0 radical (unpaired) electrons. The lowest BCUT2D eigenvalue weighted by Gasteiger charge is -2.04. The molecular formula is C8H8ClNO5. The van der Waals surface area contributed by atoms with Crippen molar-refractivity contribution in [2.24, 2.45) is 5.92 Å². The van der Waals surface area contributed by atoms with E-state index in [0.717, 1.165) is 0 Å². The maximum atomic E-state index is 10.6. The van der Waals surface area contributed by atoms with Crippen LogP contribution in [-0.4, -0.2) is 21.9 Å². The van der Waals surface area contributed by atoms with Gasteiger partial charge in [-0.05, 0) is 6.07 Å². The maximum absolute atomic E-state index is 10.6. The summed E-state index contributed by atoms with van der Waals surface area (Å²) < 4.78 is 4.81. The van der Waals surface area contributed by atoms with Gasteiger partial charge in [-0.25, -0.2) is 0 Å². The number of aliphatic carboxylic acids is 1. The first-order chi connectivity index (χ1) is 7.04. The van der Waals surface area contributed by atoms with Crippen LogP contribution in [0.5, 0.6) is 0 Å². The number of hydrogen-bond acceptors (Lipinski definition) is 4. The van der Waals surface area contributed by atoms with Crippen molar-refractivity contribution in [3.05, 3.63) is 28.0 Å². The lowest BCUT2D eigenvalue weighted by Crippen LogP contribution is -2.17. The van der Waals surface area contributed by atoms with Crippen LogP contribution in [0.4, 0.5) is 5.88 Å². The van der Waals surface area contributed by atoms with E-state index in [1.54, 1.807) is 0 Å². The average molecular weight is 234 g/mol. The molecule has 0 bridgehead atoms. The third-order valence-electron chi connectivity index (χ3n) is 1.81. The third-order valence-corrected chi connectivity index (χ3v) is 2.18. The molecule has 1 heterocycles. The Morgan fingerprint density at radius 3 is 2.73 bits per heavy atom. The van der Waals surface area contributed by atoms with Crippen LogP contribution in [0.1, 0.15) is 5.76 Å². The average Bonchev–Trinajstić information content (AvgIpc) is 2.61. The molecule has 0 aromatic carbocycles. The number of rotatable bonds is 5. The summed E-state index contributed by atoms with van der Waals surface area (Å²) >= 11 is 5.43. The van der Waals surface area contributed by atoms with Crippen molar-refractivity contribution in [2.75, 3.05) is 5.88 Å². The monoisotopic (exact) mass is 233 g/mol. The zero-order valence-corrected chi connectivity index (χ0v) is 8.31. The number of nitrogens with zero attached hydrogens (tertiary/aromatic N) is 1. The second kappa shape index (κ2) is 4.79. The van der Waals surface area contributed by atoms with Gasteiger partial charge in [0.15, 0.2) is 0 Å². The normalized spacial score (nSPS) is 12.3. The highest BCUT2D eigenvalue weighted by molar-refractivity contribution is 6.19. The number of hydrogen-bond donors (Lipinski definition) is 1. The first-order valence-electron chi connectivity index (χ1n) is 4.06. The van der Waals surface area contributed by atoms with Crippen LogP contribution < -0.4 is 0 Å².